The molecule has 0 radical (unpaired) electrons. The van der Waals surface area contributed by atoms with Gasteiger partial charge in [-0.3, -0.25) is 4.79 Å². The number of hydrogen-bond acceptors (Lipinski definition) is 3. The first-order valence-corrected chi connectivity index (χ1v) is 8.68. The zero-order valence-electron chi connectivity index (χ0n) is 13.8. The SMILES string of the molecule is CCCC(C)NC(=O)C1CCCN(c2ccc(C#N)c(Cl)c2)C1. The highest BCUT2D eigenvalue weighted by molar-refractivity contribution is 6.32. The van der Waals surface area contributed by atoms with Gasteiger partial charge in [-0.25, -0.2) is 0 Å². The Kier molecular flexibility index (Phi) is 6.29. The topological polar surface area (TPSA) is 56.1 Å². The van der Waals surface area contributed by atoms with Crippen molar-refractivity contribution < 1.29 is 4.79 Å². The molecule has 1 N–H and O–H groups in total. The standard InChI is InChI=1S/C18H24ClN3O/c1-3-5-13(2)21-18(23)15-6-4-9-22(12-15)16-8-7-14(11-20)17(19)10-16/h7-8,10,13,15H,3-6,9,12H2,1-2H3,(H,21,23). The summed E-state index contributed by atoms with van der Waals surface area (Å²) in [6.45, 7) is 5.80. The predicted molar refractivity (Wildman–Crippen MR) is 93.6 cm³/mol. The first-order valence-electron chi connectivity index (χ1n) is 8.30. The summed E-state index contributed by atoms with van der Waals surface area (Å²) in [4.78, 5) is 14.6. The Hall–Kier alpha value is -1.73. The normalized spacial score (nSPS) is 19.0. The summed E-state index contributed by atoms with van der Waals surface area (Å²) in [5.41, 5.74) is 1.46. The minimum absolute atomic E-state index is 0.0116. The molecule has 0 bridgehead atoms. The molecule has 4 nitrogen and oxygen atoms in total. The van der Waals surface area contributed by atoms with Crippen LogP contribution in [0.1, 0.15) is 45.1 Å². The summed E-state index contributed by atoms with van der Waals surface area (Å²) in [7, 11) is 0. The molecule has 0 spiro atoms. The minimum Gasteiger partial charge on any atom is -0.371 e. The average molecular weight is 334 g/mol. The van der Waals surface area contributed by atoms with Gasteiger partial charge in [0.2, 0.25) is 5.91 Å². The van der Waals surface area contributed by atoms with Crippen molar-refractivity contribution in [3.63, 3.8) is 0 Å². The first kappa shape index (κ1) is 17.6. The highest BCUT2D eigenvalue weighted by Gasteiger charge is 2.26. The van der Waals surface area contributed by atoms with E-state index < -0.39 is 0 Å². The zero-order valence-corrected chi connectivity index (χ0v) is 14.6. The van der Waals surface area contributed by atoms with Gasteiger partial charge in [-0.2, -0.15) is 5.26 Å². The van der Waals surface area contributed by atoms with Gasteiger partial charge in [-0.15, -0.1) is 0 Å². The highest BCUT2D eigenvalue weighted by atomic mass is 35.5. The molecule has 1 fully saturated rings. The van der Waals surface area contributed by atoms with E-state index in [1.165, 1.54) is 0 Å². The summed E-state index contributed by atoms with van der Waals surface area (Å²) in [5.74, 6) is 0.160. The van der Waals surface area contributed by atoms with Gasteiger partial charge < -0.3 is 10.2 Å². The van der Waals surface area contributed by atoms with E-state index in [-0.39, 0.29) is 17.9 Å². The number of anilines is 1. The lowest BCUT2D eigenvalue weighted by Gasteiger charge is -2.34. The Labute approximate surface area is 143 Å². The van der Waals surface area contributed by atoms with Crippen LogP contribution in [0.25, 0.3) is 0 Å². The number of piperidine rings is 1. The van der Waals surface area contributed by atoms with Gasteiger partial charge in [0.25, 0.3) is 0 Å². The molecule has 1 amide bonds. The van der Waals surface area contributed by atoms with Crippen LogP contribution >= 0.6 is 11.6 Å². The summed E-state index contributed by atoms with van der Waals surface area (Å²) >= 11 is 6.12. The fraction of sp³-hybridized carbons (Fsp3) is 0.556. The molecule has 2 unspecified atom stereocenters. The van der Waals surface area contributed by atoms with Gasteiger partial charge in [0.1, 0.15) is 6.07 Å². The summed E-state index contributed by atoms with van der Waals surface area (Å²) in [6, 6.07) is 7.77. The second-order valence-electron chi connectivity index (χ2n) is 6.26. The first-order chi connectivity index (χ1) is 11.0. The molecule has 1 saturated heterocycles. The molecule has 1 aromatic rings. The molecule has 1 aliphatic heterocycles. The number of rotatable bonds is 5. The van der Waals surface area contributed by atoms with Gasteiger partial charge in [0.15, 0.2) is 0 Å². The molecule has 0 aliphatic carbocycles. The van der Waals surface area contributed by atoms with Gasteiger partial charge in [-0.1, -0.05) is 24.9 Å². The third-order valence-corrected chi connectivity index (χ3v) is 4.65. The van der Waals surface area contributed by atoms with Crippen molar-refractivity contribution in [2.24, 2.45) is 5.92 Å². The van der Waals surface area contributed by atoms with E-state index in [9.17, 15) is 4.79 Å². The number of halogens is 1. The molecule has 2 atom stereocenters. The minimum atomic E-state index is 0.0116. The molecule has 5 heteroatoms. The number of hydrogen-bond donors (Lipinski definition) is 1. The number of carbonyl (C=O) groups excluding carboxylic acids is 1. The van der Waals surface area contributed by atoms with Crippen molar-refractivity contribution in [1.29, 1.82) is 5.26 Å². The van der Waals surface area contributed by atoms with E-state index in [1.54, 1.807) is 6.07 Å². The monoisotopic (exact) mass is 333 g/mol. The van der Waals surface area contributed by atoms with Crippen LogP contribution in [0.5, 0.6) is 0 Å². The molecule has 0 saturated carbocycles. The van der Waals surface area contributed by atoms with Crippen molar-refractivity contribution in [3.05, 3.63) is 28.8 Å². The largest absolute Gasteiger partial charge is 0.371 e. The van der Waals surface area contributed by atoms with E-state index in [0.29, 0.717) is 17.1 Å². The maximum atomic E-state index is 12.4. The molecular weight excluding hydrogens is 310 g/mol. The molecular formula is C18H24ClN3O. The Morgan fingerprint density at radius 3 is 3.00 bits per heavy atom. The van der Waals surface area contributed by atoms with Gasteiger partial charge in [0, 0.05) is 24.8 Å². The lowest BCUT2D eigenvalue weighted by molar-refractivity contribution is -0.125. The third kappa shape index (κ3) is 4.62. The maximum absolute atomic E-state index is 12.4. The zero-order chi connectivity index (χ0) is 16.8. The van der Waals surface area contributed by atoms with Crippen LogP contribution in [0, 0.1) is 17.2 Å². The van der Waals surface area contributed by atoms with E-state index in [2.05, 4.69) is 30.1 Å². The molecule has 1 aliphatic rings. The Bertz CT molecular complexity index is 596. The van der Waals surface area contributed by atoms with Crippen molar-refractivity contribution in [2.75, 3.05) is 18.0 Å². The number of carbonyl (C=O) groups is 1. The van der Waals surface area contributed by atoms with Crippen molar-refractivity contribution >= 4 is 23.2 Å². The van der Waals surface area contributed by atoms with E-state index >= 15 is 0 Å². The van der Waals surface area contributed by atoms with Crippen LogP contribution in [0.2, 0.25) is 5.02 Å². The highest BCUT2D eigenvalue weighted by Crippen LogP contribution is 2.27. The van der Waals surface area contributed by atoms with Crippen molar-refractivity contribution in [2.45, 2.75) is 45.6 Å². The van der Waals surface area contributed by atoms with Crippen LogP contribution in [0.4, 0.5) is 5.69 Å². The second-order valence-corrected chi connectivity index (χ2v) is 6.67. The Morgan fingerprint density at radius 1 is 1.57 bits per heavy atom. The van der Waals surface area contributed by atoms with Gasteiger partial charge in [-0.05, 0) is 44.4 Å². The number of nitrogens with one attached hydrogen (secondary N) is 1. The summed E-state index contributed by atoms with van der Waals surface area (Å²) in [6.07, 6.45) is 3.98. The van der Waals surface area contributed by atoms with Crippen molar-refractivity contribution in [1.82, 2.24) is 5.32 Å². The van der Waals surface area contributed by atoms with E-state index in [4.69, 9.17) is 16.9 Å². The predicted octanol–water partition coefficient (Wildman–Crippen LogP) is 3.73. The molecule has 1 heterocycles. The lowest BCUT2D eigenvalue weighted by atomic mass is 9.96. The van der Waals surface area contributed by atoms with Crippen LogP contribution < -0.4 is 10.2 Å². The molecule has 2 rings (SSSR count). The molecule has 23 heavy (non-hydrogen) atoms. The molecule has 0 aromatic heterocycles. The smallest absolute Gasteiger partial charge is 0.225 e. The molecule has 1 aromatic carbocycles. The summed E-state index contributed by atoms with van der Waals surface area (Å²) in [5, 5.41) is 12.5. The fourth-order valence-corrected chi connectivity index (χ4v) is 3.30. The molecule has 124 valence electrons. The van der Waals surface area contributed by atoms with E-state index in [1.807, 2.05) is 12.1 Å². The Balaban J connectivity index is 2.02. The van der Waals surface area contributed by atoms with Crippen LogP contribution in [-0.4, -0.2) is 25.0 Å². The maximum Gasteiger partial charge on any atom is 0.225 e. The number of nitrogens with zero attached hydrogens (tertiary/aromatic N) is 2. The van der Waals surface area contributed by atoms with Crippen molar-refractivity contribution in [3.8, 4) is 6.07 Å². The van der Waals surface area contributed by atoms with Crippen LogP contribution in [0.15, 0.2) is 18.2 Å². The lowest BCUT2D eigenvalue weighted by Crippen LogP contribution is -2.45. The summed E-state index contributed by atoms with van der Waals surface area (Å²) < 4.78 is 0. The fourth-order valence-electron chi connectivity index (χ4n) is 3.08. The van der Waals surface area contributed by atoms with Gasteiger partial charge >= 0.3 is 0 Å². The quantitative estimate of drug-likeness (QED) is 0.893. The third-order valence-electron chi connectivity index (χ3n) is 4.34. The second kappa shape index (κ2) is 8.21. The number of benzene rings is 1. The average Bonchev–Trinajstić information content (AvgIpc) is 2.55. The van der Waals surface area contributed by atoms with Gasteiger partial charge in [0.05, 0.1) is 16.5 Å². The number of amides is 1. The Morgan fingerprint density at radius 2 is 2.35 bits per heavy atom. The van der Waals surface area contributed by atoms with Crippen LogP contribution in [0.3, 0.4) is 0 Å². The van der Waals surface area contributed by atoms with E-state index in [0.717, 1.165) is 37.9 Å². The number of nitriles is 1. The van der Waals surface area contributed by atoms with Crippen LogP contribution in [-0.2, 0) is 4.79 Å².